The highest BCUT2D eigenvalue weighted by Crippen LogP contribution is 2.52. The smallest absolute Gasteiger partial charge is 0.229 e. The molecule has 7 nitrogen and oxygen atoms in total. The Kier molecular flexibility index (Phi) is 5.92. The van der Waals surface area contributed by atoms with E-state index in [-0.39, 0.29) is 29.5 Å². The van der Waals surface area contributed by atoms with Crippen molar-refractivity contribution in [1.82, 2.24) is 25.0 Å². The van der Waals surface area contributed by atoms with Crippen LogP contribution in [0.2, 0.25) is 0 Å². The van der Waals surface area contributed by atoms with Crippen molar-refractivity contribution in [2.75, 3.05) is 0 Å². The van der Waals surface area contributed by atoms with Crippen LogP contribution in [0.1, 0.15) is 68.4 Å². The summed E-state index contributed by atoms with van der Waals surface area (Å²) in [7, 11) is 0. The predicted molar refractivity (Wildman–Crippen MR) is 118 cm³/mol. The molecule has 170 valence electrons. The zero-order chi connectivity index (χ0) is 22.2. The first-order valence-electron chi connectivity index (χ1n) is 11.3. The average molecular weight is 458 g/mol. The molecule has 9 heteroatoms. The van der Waals surface area contributed by atoms with Crippen molar-refractivity contribution in [2.45, 2.75) is 69.5 Å². The van der Waals surface area contributed by atoms with Gasteiger partial charge in [-0.1, -0.05) is 30.3 Å². The molecule has 0 amide bonds. The number of fused-ring (bicyclic) bond motifs is 2. The van der Waals surface area contributed by atoms with Crippen LogP contribution in [0.3, 0.4) is 0 Å². The lowest BCUT2D eigenvalue weighted by Crippen LogP contribution is -2.24. The second kappa shape index (κ2) is 8.84. The van der Waals surface area contributed by atoms with Crippen LogP contribution in [-0.2, 0) is 6.61 Å². The normalized spacial score (nSPS) is 24.1. The van der Waals surface area contributed by atoms with Crippen molar-refractivity contribution in [3.8, 4) is 5.75 Å². The van der Waals surface area contributed by atoms with Crippen LogP contribution in [0.4, 0.5) is 4.39 Å². The molecule has 2 fully saturated rings. The Morgan fingerprint density at radius 1 is 1.16 bits per heavy atom. The highest BCUT2D eigenvalue weighted by atomic mass is 32.2. The van der Waals surface area contributed by atoms with E-state index in [0.717, 1.165) is 17.0 Å². The summed E-state index contributed by atoms with van der Waals surface area (Å²) < 4.78 is 27.7. The molecule has 2 bridgehead atoms. The van der Waals surface area contributed by atoms with E-state index >= 15 is 0 Å². The number of hydrogen-bond acceptors (Lipinski definition) is 7. The molecule has 1 aromatic carbocycles. The lowest BCUT2D eigenvalue weighted by atomic mass is 9.84. The van der Waals surface area contributed by atoms with Gasteiger partial charge >= 0.3 is 0 Å². The summed E-state index contributed by atoms with van der Waals surface area (Å²) in [6.45, 7) is 6.22. The first-order chi connectivity index (χ1) is 15.5. The third-order valence-electron chi connectivity index (χ3n) is 6.92. The van der Waals surface area contributed by atoms with Gasteiger partial charge < -0.3 is 9.15 Å². The maximum atomic E-state index is 14.1. The first-order valence-corrected chi connectivity index (χ1v) is 12.1. The molecule has 2 aliphatic carbocycles. The van der Waals surface area contributed by atoms with Gasteiger partial charge in [0.05, 0.1) is 5.25 Å². The standard InChI is InChI=1S/C23H28FN5O2S/c1-13(18-11-16-8-9-17(18)10-16)29-21(12-30-20-7-5-4-6-19(20)24)26-28-23(29)32-14(2)22-27-25-15(3)31-22/h4-7,13-14,16-18H,8-12H2,1-3H3. The minimum atomic E-state index is -0.380. The minimum absolute atomic E-state index is 0.0632. The molecule has 2 aliphatic rings. The lowest BCUT2D eigenvalue weighted by molar-refractivity contribution is 0.215. The molecule has 0 saturated heterocycles. The van der Waals surface area contributed by atoms with Gasteiger partial charge in [-0.05, 0) is 63.0 Å². The van der Waals surface area contributed by atoms with E-state index < -0.39 is 0 Å². The van der Waals surface area contributed by atoms with Gasteiger partial charge in [-0.3, -0.25) is 4.57 Å². The van der Waals surface area contributed by atoms with Crippen molar-refractivity contribution in [2.24, 2.45) is 17.8 Å². The lowest BCUT2D eigenvalue weighted by Gasteiger charge is -2.30. The Hall–Kier alpha value is -2.42. The maximum Gasteiger partial charge on any atom is 0.229 e. The van der Waals surface area contributed by atoms with E-state index in [0.29, 0.717) is 23.5 Å². The SMILES string of the molecule is Cc1nnc(C(C)Sc2nnc(COc3ccccc3F)n2C(C)C2CC3CCC2C3)o1. The minimum Gasteiger partial charge on any atom is -0.483 e. The molecular weight excluding hydrogens is 429 g/mol. The number of para-hydroxylation sites is 1. The summed E-state index contributed by atoms with van der Waals surface area (Å²) in [5.41, 5.74) is 0. The van der Waals surface area contributed by atoms with Crippen molar-refractivity contribution < 1.29 is 13.5 Å². The molecule has 2 saturated carbocycles. The number of ether oxygens (including phenoxy) is 1. The molecular formula is C23H28FN5O2S. The number of aryl methyl sites for hydroxylation is 1. The van der Waals surface area contributed by atoms with Crippen LogP contribution < -0.4 is 4.74 Å². The van der Waals surface area contributed by atoms with Gasteiger partial charge in [-0.2, -0.15) is 0 Å². The van der Waals surface area contributed by atoms with E-state index in [1.54, 1.807) is 36.9 Å². The Balaban J connectivity index is 1.41. The van der Waals surface area contributed by atoms with Gasteiger partial charge in [0.15, 0.2) is 22.5 Å². The zero-order valence-corrected chi connectivity index (χ0v) is 19.4. The summed E-state index contributed by atoms with van der Waals surface area (Å²) in [5.74, 6) is 3.86. The quantitative estimate of drug-likeness (QED) is 0.411. The Morgan fingerprint density at radius 2 is 2.00 bits per heavy atom. The summed E-state index contributed by atoms with van der Waals surface area (Å²) >= 11 is 1.55. The number of halogens is 1. The number of aromatic nitrogens is 5. The van der Waals surface area contributed by atoms with Gasteiger partial charge in [0.2, 0.25) is 11.8 Å². The summed E-state index contributed by atoms with van der Waals surface area (Å²) in [6, 6.07) is 6.67. The molecule has 5 rings (SSSR count). The maximum absolute atomic E-state index is 14.1. The predicted octanol–water partition coefficient (Wildman–Crippen LogP) is 5.54. The monoisotopic (exact) mass is 457 g/mol. The van der Waals surface area contributed by atoms with Gasteiger partial charge in [0.25, 0.3) is 0 Å². The van der Waals surface area contributed by atoms with Crippen LogP contribution >= 0.6 is 11.8 Å². The van der Waals surface area contributed by atoms with Crippen LogP contribution in [0.5, 0.6) is 5.75 Å². The molecule has 0 N–H and O–H groups in total. The Morgan fingerprint density at radius 3 is 2.69 bits per heavy atom. The third kappa shape index (κ3) is 4.14. The summed E-state index contributed by atoms with van der Waals surface area (Å²) in [5, 5.41) is 17.8. The number of hydrogen-bond donors (Lipinski definition) is 0. The second-order valence-electron chi connectivity index (χ2n) is 8.99. The van der Waals surface area contributed by atoms with Gasteiger partial charge in [-0.25, -0.2) is 4.39 Å². The molecule has 0 radical (unpaired) electrons. The van der Waals surface area contributed by atoms with Crippen molar-refractivity contribution >= 4 is 11.8 Å². The van der Waals surface area contributed by atoms with E-state index in [4.69, 9.17) is 9.15 Å². The highest BCUT2D eigenvalue weighted by Gasteiger charge is 2.43. The zero-order valence-electron chi connectivity index (χ0n) is 18.6. The van der Waals surface area contributed by atoms with Crippen LogP contribution in [0.25, 0.3) is 0 Å². The molecule has 32 heavy (non-hydrogen) atoms. The van der Waals surface area contributed by atoms with E-state index in [2.05, 4.69) is 31.9 Å². The van der Waals surface area contributed by atoms with Crippen LogP contribution in [0.15, 0.2) is 33.8 Å². The van der Waals surface area contributed by atoms with Crippen LogP contribution in [0, 0.1) is 30.5 Å². The molecule has 2 aromatic heterocycles. The molecule has 5 unspecified atom stereocenters. The molecule has 0 spiro atoms. The number of rotatable bonds is 8. The number of thioether (sulfide) groups is 1. The first kappa shape index (κ1) is 21.4. The fraction of sp³-hybridized carbons (Fsp3) is 0.565. The molecule has 2 heterocycles. The van der Waals surface area contributed by atoms with Crippen molar-refractivity contribution in [3.63, 3.8) is 0 Å². The Labute approximate surface area is 191 Å². The van der Waals surface area contributed by atoms with E-state index in [1.807, 2.05) is 6.92 Å². The molecule has 0 aliphatic heterocycles. The van der Waals surface area contributed by atoms with E-state index in [1.165, 1.54) is 31.7 Å². The highest BCUT2D eigenvalue weighted by molar-refractivity contribution is 7.99. The van der Waals surface area contributed by atoms with Crippen molar-refractivity contribution in [3.05, 3.63) is 47.7 Å². The van der Waals surface area contributed by atoms with Gasteiger partial charge in [-0.15, -0.1) is 20.4 Å². The Bertz CT molecular complexity index is 1090. The van der Waals surface area contributed by atoms with Gasteiger partial charge in [0, 0.05) is 13.0 Å². The van der Waals surface area contributed by atoms with Gasteiger partial charge in [0.1, 0.15) is 6.61 Å². The van der Waals surface area contributed by atoms with Crippen molar-refractivity contribution in [1.29, 1.82) is 0 Å². The number of nitrogens with zero attached hydrogens (tertiary/aromatic N) is 5. The summed E-state index contributed by atoms with van der Waals surface area (Å²) in [6.07, 6.45) is 5.25. The molecule has 5 atom stereocenters. The van der Waals surface area contributed by atoms with E-state index in [9.17, 15) is 4.39 Å². The fourth-order valence-corrected chi connectivity index (χ4v) is 6.35. The average Bonchev–Trinajstić information content (AvgIpc) is 3.57. The summed E-state index contributed by atoms with van der Waals surface area (Å²) in [4.78, 5) is 0. The topological polar surface area (TPSA) is 78.9 Å². The number of benzene rings is 1. The van der Waals surface area contributed by atoms with Crippen LogP contribution in [-0.4, -0.2) is 25.0 Å². The third-order valence-corrected chi connectivity index (χ3v) is 7.96. The largest absolute Gasteiger partial charge is 0.483 e. The molecule has 3 aromatic rings. The second-order valence-corrected chi connectivity index (χ2v) is 10.3. The fourth-order valence-electron chi connectivity index (χ4n) is 5.36.